The summed E-state index contributed by atoms with van der Waals surface area (Å²) < 4.78 is 0. The summed E-state index contributed by atoms with van der Waals surface area (Å²) in [7, 11) is 4.32. The zero-order chi connectivity index (χ0) is 12.6. The van der Waals surface area contributed by atoms with Gasteiger partial charge in [0.2, 0.25) is 0 Å². The number of nitrogens with zero attached hydrogens (tertiary/aromatic N) is 1. The Bertz CT molecular complexity index is 185. The highest BCUT2D eigenvalue weighted by Crippen LogP contribution is 2.20. The van der Waals surface area contributed by atoms with Gasteiger partial charge in [0.15, 0.2) is 0 Å². The molecule has 0 saturated heterocycles. The van der Waals surface area contributed by atoms with Gasteiger partial charge < -0.3 is 10.2 Å². The maximum atomic E-state index is 3.79. The molecule has 0 saturated carbocycles. The van der Waals surface area contributed by atoms with Crippen LogP contribution in [0.2, 0.25) is 0 Å². The summed E-state index contributed by atoms with van der Waals surface area (Å²) in [5.41, 5.74) is 0.205. The summed E-state index contributed by atoms with van der Waals surface area (Å²) in [5.74, 6) is 0. The van der Waals surface area contributed by atoms with Gasteiger partial charge in [0, 0.05) is 11.6 Å². The molecule has 0 aliphatic rings. The monoisotopic (exact) mass is 226 g/mol. The number of likely N-dealkylation sites (N-methyl/N-ethyl adjacent to an activating group) is 1. The number of allylic oxidation sites excluding steroid dienone is 1. The van der Waals surface area contributed by atoms with E-state index in [0.29, 0.717) is 6.04 Å². The zero-order valence-corrected chi connectivity index (χ0v) is 11.8. The summed E-state index contributed by atoms with van der Waals surface area (Å²) in [6.45, 7) is 11.7. The average molecular weight is 226 g/mol. The van der Waals surface area contributed by atoms with Crippen LogP contribution in [0.1, 0.15) is 46.5 Å². The fraction of sp³-hybridized carbons (Fsp3) is 0.857. The van der Waals surface area contributed by atoms with Crippen LogP contribution in [-0.4, -0.2) is 37.1 Å². The van der Waals surface area contributed by atoms with Gasteiger partial charge in [-0.05, 0) is 60.2 Å². The molecule has 0 aromatic rings. The lowest BCUT2D eigenvalue weighted by Crippen LogP contribution is -2.55. The first-order valence-corrected chi connectivity index (χ1v) is 6.48. The summed E-state index contributed by atoms with van der Waals surface area (Å²) in [5, 5.41) is 3.67. The van der Waals surface area contributed by atoms with E-state index in [0.717, 1.165) is 13.0 Å². The van der Waals surface area contributed by atoms with Crippen molar-refractivity contribution in [2.24, 2.45) is 0 Å². The number of rotatable bonds is 9. The summed E-state index contributed by atoms with van der Waals surface area (Å²) >= 11 is 0. The van der Waals surface area contributed by atoms with E-state index < -0.39 is 0 Å². The molecular weight excluding hydrogens is 196 g/mol. The van der Waals surface area contributed by atoms with E-state index in [1.54, 1.807) is 0 Å². The van der Waals surface area contributed by atoms with E-state index in [1.165, 1.54) is 19.3 Å². The lowest BCUT2D eigenvalue weighted by Gasteiger charge is -2.41. The Morgan fingerprint density at radius 2 is 2.00 bits per heavy atom. The van der Waals surface area contributed by atoms with Crippen molar-refractivity contribution < 1.29 is 0 Å². The van der Waals surface area contributed by atoms with Crippen LogP contribution in [0.5, 0.6) is 0 Å². The quantitative estimate of drug-likeness (QED) is 0.480. The van der Waals surface area contributed by atoms with Gasteiger partial charge in [0.25, 0.3) is 0 Å². The third kappa shape index (κ3) is 5.13. The van der Waals surface area contributed by atoms with Crippen LogP contribution in [0, 0.1) is 0 Å². The third-order valence-electron chi connectivity index (χ3n) is 3.55. The standard InChI is InChI=1S/C14H30N2/c1-7-9-10-11-13(15-12-8-2)14(3,4)16(5)6/h7,13,15H,1,8-12H2,2-6H3. The SMILES string of the molecule is C=CCCCC(NCCC)C(C)(C)N(C)C. The molecule has 0 aromatic carbocycles. The maximum absolute atomic E-state index is 3.79. The molecule has 0 aromatic heterocycles. The summed E-state index contributed by atoms with van der Waals surface area (Å²) in [6.07, 6.45) is 6.77. The molecule has 1 atom stereocenters. The fourth-order valence-corrected chi connectivity index (χ4v) is 1.80. The number of hydrogen-bond donors (Lipinski definition) is 1. The van der Waals surface area contributed by atoms with Crippen molar-refractivity contribution >= 4 is 0 Å². The van der Waals surface area contributed by atoms with E-state index in [2.05, 4.69) is 51.7 Å². The average Bonchev–Trinajstić information content (AvgIpc) is 2.22. The molecule has 0 spiro atoms. The minimum atomic E-state index is 0.205. The first-order valence-electron chi connectivity index (χ1n) is 6.48. The van der Waals surface area contributed by atoms with Gasteiger partial charge in [0.05, 0.1) is 0 Å². The molecule has 0 aliphatic carbocycles. The van der Waals surface area contributed by atoms with Crippen molar-refractivity contribution in [3.8, 4) is 0 Å². The number of unbranched alkanes of at least 4 members (excludes halogenated alkanes) is 1. The van der Waals surface area contributed by atoms with Crippen molar-refractivity contribution in [3.63, 3.8) is 0 Å². The largest absolute Gasteiger partial charge is 0.312 e. The highest BCUT2D eigenvalue weighted by atomic mass is 15.2. The Kier molecular flexibility index (Phi) is 7.69. The van der Waals surface area contributed by atoms with Crippen molar-refractivity contribution in [1.82, 2.24) is 10.2 Å². The van der Waals surface area contributed by atoms with Crippen LogP contribution in [0.15, 0.2) is 12.7 Å². The van der Waals surface area contributed by atoms with Crippen LogP contribution in [0.4, 0.5) is 0 Å². The van der Waals surface area contributed by atoms with Gasteiger partial charge in [-0.15, -0.1) is 6.58 Å². The highest BCUT2D eigenvalue weighted by molar-refractivity contribution is 4.91. The Balaban J connectivity index is 4.33. The first-order chi connectivity index (χ1) is 7.46. The molecule has 0 radical (unpaired) electrons. The summed E-state index contributed by atoms with van der Waals surface area (Å²) in [6, 6.07) is 0.558. The predicted octanol–water partition coefficient (Wildman–Crippen LogP) is 3.05. The Morgan fingerprint density at radius 3 is 2.44 bits per heavy atom. The van der Waals surface area contributed by atoms with Gasteiger partial charge in [-0.25, -0.2) is 0 Å². The topological polar surface area (TPSA) is 15.3 Å². The van der Waals surface area contributed by atoms with Crippen LogP contribution in [0.3, 0.4) is 0 Å². The molecule has 0 heterocycles. The second-order valence-electron chi connectivity index (χ2n) is 5.27. The summed E-state index contributed by atoms with van der Waals surface area (Å²) in [4.78, 5) is 2.31. The van der Waals surface area contributed by atoms with E-state index in [9.17, 15) is 0 Å². The first kappa shape index (κ1) is 15.7. The van der Waals surface area contributed by atoms with E-state index in [-0.39, 0.29) is 5.54 Å². The number of hydrogen-bond acceptors (Lipinski definition) is 2. The van der Waals surface area contributed by atoms with Crippen LogP contribution in [0.25, 0.3) is 0 Å². The second-order valence-corrected chi connectivity index (χ2v) is 5.27. The molecule has 1 unspecified atom stereocenters. The van der Waals surface area contributed by atoms with Crippen molar-refractivity contribution in [2.75, 3.05) is 20.6 Å². The van der Waals surface area contributed by atoms with Crippen molar-refractivity contribution in [3.05, 3.63) is 12.7 Å². The predicted molar refractivity (Wildman–Crippen MR) is 73.9 cm³/mol. The number of nitrogens with one attached hydrogen (secondary N) is 1. The van der Waals surface area contributed by atoms with Crippen LogP contribution < -0.4 is 5.32 Å². The lowest BCUT2D eigenvalue weighted by atomic mass is 9.89. The Hall–Kier alpha value is -0.340. The van der Waals surface area contributed by atoms with E-state index in [4.69, 9.17) is 0 Å². The molecule has 0 fully saturated rings. The molecule has 0 aliphatic heterocycles. The molecule has 0 bridgehead atoms. The van der Waals surface area contributed by atoms with Gasteiger partial charge >= 0.3 is 0 Å². The molecule has 0 amide bonds. The molecule has 2 nitrogen and oxygen atoms in total. The maximum Gasteiger partial charge on any atom is 0.0300 e. The van der Waals surface area contributed by atoms with Gasteiger partial charge in [-0.3, -0.25) is 0 Å². The Morgan fingerprint density at radius 1 is 1.38 bits per heavy atom. The Labute approximate surface area is 102 Å². The highest BCUT2D eigenvalue weighted by Gasteiger charge is 2.30. The van der Waals surface area contributed by atoms with Crippen molar-refractivity contribution in [2.45, 2.75) is 58.0 Å². The third-order valence-corrected chi connectivity index (χ3v) is 3.55. The van der Waals surface area contributed by atoms with E-state index in [1.807, 2.05) is 6.08 Å². The minimum Gasteiger partial charge on any atom is -0.312 e. The van der Waals surface area contributed by atoms with Crippen molar-refractivity contribution in [1.29, 1.82) is 0 Å². The normalized spacial score (nSPS) is 14.1. The molecule has 0 rings (SSSR count). The zero-order valence-electron chi connectivity index (χ0n) is 11.8. The smallest absolute Gasteiger partial charge is 0.0300 e. The van der Waals surface area contributed by atoms with Gasteiger partial charge in [-0.2, -0.15) is 0 Å². The van der Waals surface area contributed by atoms with Gasteiger partial charge in [-0.1, -0.05) is 13.0 Å². The molecule has 96 valence electrons. The van der Waals surface area contributed by atoms with Crippen LogP contribution in [-0.2, 0) is 0 Å². The lowest BCUT2D eigenvalue weighted by molar-refractivity contribution is 0.131. The molecule has 1 N–H and O–H groups in total. The molecule has 16 heavy (non-hydrogen) atoms. The molecular formula is C14H30N2. The minimum absolute atomic E-state index is 0.205. The van der Waals surface area contributed by atoms with E-state index >= 15 is 0 Å². The second kappa shape index (κ2) is 7.86. The molecule has 2 heteroatoms. The fourth-order valence-electron chi connectivity index (χ4n) is 1.80. The van der Waals surface area contributed by atoms with Crippen LogP contribution >= 0.6 is 0 Å². The van der Waals surface area contributed by atoms with Gasteiger partial charge in [0.1, 0.15) is 0 Å².